The normalized spacial score (nSPS) is 10.6. The van der Waals surface area contributed by atoms with E-state index in [1.165, 1.54) is 13.2 Å². The number of allylic oxidation sites excluding steroid dienone is 1. The molecular weight excluding hydrogens is 208 g/mol. The van der Waals surface area contributed by atoms with Crippen LogP contribution in [-0.2, 0) is 11.2 Å². The molecule has 1 aromatic rings. The van der Waals surface area contributed by atoms with Crippen molar-refractivity contribution in [3.8, 4) is 11.5 Å². The molecule has 0 bridgehead atoms. The summed E-state index contributed by atoms with van der Waals surface area (Å²) in [4.78, 5) is 11.1. The number of benzene rings is 1. The van der Waals surface area contributed by atoms with Crippen LogP contribution >= 0.6 is 0 Å². The number of methoxy groups -OCH3 is 1. The second-order valence-electron chi connectivity index (χ2n) is 3.29. The molecule has 0 fully saturated rings. The summed E-state index contributed by atoms with van der Waals surface area (Å²) >= 11 is 0. The van der Waals surface area contributed by atoms with Crippen LogP contribution in [0, 0.1) is 0 Å². The molecule has 0 saturated heterocycles. The Labute approximate surface area is 93.8 Å². The number of ketones is 1. The van der Waals surface area contributed by atoms with Gasteiger partial charge in [0.25, 0.3) is 0 Å². The second kappa shape index (κ2) is 5.80. The maximum absolute atomic E-state index is 11.1. The number of hydrogen-bond acceptors (Lipinski definition) is 4. The third kappa shape index (κ3) is 3.31. The first kappa shape index (κ1) is 12.1. The van der Waals surface area contributed by atoms with E-state index in [4.69, 9.17) is 9.84 Å². The first-order valence-corrected chi connectivity index (χ1v) is 4.87. The van der Waals surface area contributed by atoms with Gasteiger partial charge in [0.1, 0.15) is 0 Å². The molecule has 0 atom stereocenters. The predicted octanol–water partition coefficient (Wildman–Crippen LogP) is 1.97. The Hall–Kier alpha value is -1.97. The summed E-state index contributed by atoms with van der Waals surface area (Å²) in [7, 11) is 1.47. The van der Waals surface area contributed by atoms with Crippen LogP contribution in [-0.4, -0.2) is 23.1 Å². The van der Waals surface area contributed by atoms with Crippen molar-refractivity contribution in [3.63, 3.8) is 0 Å². The fraction of sp³-hybridized carbons (Fsp3) is 0.250. The van der Waals surface area contributed by atoms with Crippen LogP contribution in [0.15, 0.2) is 30.5 Å². The van der Waals surface area contributed by atoms with Crippen LogP contribution < -0.4 is 4.74 Å². The third-order valence-corrected chi connectivity index (χ3v) is 2.16. The van der Waals surface area contributed by atoms with Crippen molar-refractivity contribution in [1.82, 2.24) is 0 Å². The fourth-order valence-corrected chi connectivity index (χ4v) is 1.31. The fourth-order valence-electron chi connectivity index (χ4n) is 1.31. The molecule has 0 unspecified atom stereocenters. The summed E-state index contributed by atoms with van der Waals surface area (Å²) in [5.74, 6) is 0.324. The van der Waals surface area contributed by atoms with E-state index in [1.54, 1.807) is 12.1 Å². The van der Waals surface area contributed by atoms with E-state index in [0.717, 1.165) is 17.9 Å². The number of phenolic OH excluding ortho intramolecular Hbond substituents is 1. The van der Waals surface area contributed by atoms with Gasteiger partial charge in [-0.1, -0.05) is 6.07 Å². The molecule has 1 aromatic carbocycles. The van der Waals surface area contributed by atoms with Gasteiger partial charge in [-0.05, 0) is 24.1 Å². The van der Waals surface area contributed by atoms with E-state index in [-0.39, 0.29) is 11.5 Å². The number of hydrogen-bond donors (Lipinski definition) is 2. The molecule has 86 valence electrons. The SMILES string of the molecule is COc1cc(CCC(=O)C=CO)ccc1O. The quantitative estimate of drug-likeness (QED) is 0.590. The predicted molar refractivity (Wildman–Crippen MR) is 59.8 cm³/mol. The molecule has 0 heterocycles. The van der Waals surface area contributed by atoms with Gasteiger partial charge in [0.2, 0.25) is 0 Å². The molecular formula is C12H14O4. The van der Waals surface area contributed by atoms with Crippen molar-refractivity contribution >= 4 is 5.78 Å². The van der Waals surface area contributed by atoms with E-state index in [1.807, 2.05) is 0 Å². The van der Waals surface area contributed by atoms with Crippen LogP contribution in [0.5, 0.6) is 11.5 Å². The Balaban J connectivity index is 2.64. The Bertz CT molecular complexity index is 396. The summed E-state index contributed by atoms with van der Waals surface area (Å²) in [6.07, 6.45) is 2.71. The van der Waals surface area contributed by atoms with Crippen LogP contribution in [0.4, 0.5) is 0 Å². The lowest BCUT2D eigenvalue weighted by atomic mass is 10.1. The van der Waals surface area contributed by atoms with Crippen LogP contribution in [0.3, 0.4) is 0 Å². The maximum atomic E-state index is 11.1. The Morgan fingerprint density at radius 1 is 1.50 bits per heavy atom. The van der Waals surface area contributed by atoms with Gasteiger partial charge in [-0.3, -0.25) is 4.79 Å². The molecule has 1 rings (SSSR count). The summed E-state index contributed by atoms with van der Waals surface area (Å²) in [6.45, 7) is 0. The van der Waals surface area contributed by atoms with E-state index in [2.05, 4.69) is 0 Å². The van der Waals surface area contributed by atoms with E-state index >= 15 is 0 Å². The number of aryl methyl sites for hydroxylation is 1. The van der Waals surface area contributed by atoms with Crippen LogP contribution in [0.25, 0.3) is 0 Å². The summed E-state index contributed by atoms with van der Waals surface area (Å²) in [5.41, 5.74) is 0.898. The van der Waals surface area contributed by atoms with Crippen LogP contribution in [0.2, 0.25) is 0 Å². The van der Waals surface area contributed by atoms with E-state index in [0.29, 0.717) is 18.6 Å². The van der Waals surface area contributed by atoms with Crippen molar-refractivity contribution in [2.75, 3.05) is 7.11 Å². The lowest BCUT2D eigenvalue weighted by Crippen LogP contribution is -1.96. The third-order valence-electron chi connectivity index (χ3n) is 2.16. The molecule has 0 saturated carbocycles. The Kier molecular flexibility index (Phi) is 4.39. The van der Waals surface area contributed by atoms with Crippen molar-refractivity contribution in [2.24, 2.45) is 0 Å². The molecule has 0 aliphatic rings. The molecule has 2 N–H and O–H groups in total. The van der Waals surface area contributed by atoms with Crippen molar-refractivity contribution in [1.29, 1.82) is 0 Å². The topological polar surface area (TPSA) is 66.8 Å². The standard InChI is InChI=1S/C12H14O4/c1-16-12-8-9(3-5-11(12)15)2-4-10(14)6-7-13/h3,5-8,13,15H,2,4H2,1H3. The number of aliphatic hydroxyl groups excluding tert-OH is 1. The van der Waals surface area contributed by atoms with Gasteiger partial charge in [0.15, 0.2) is 17.3 Å². The minimum absolute atomic E-state index is 0.0767. The van der Waals surface area contributed by atoms with E-state index < -0.39 is 0 Å². The lowest BCUT2D eigenvalue weighted by molar-refractivity contribution is -0.114. The maximum Gasteiger partial charge on any atom is 0.160 e. The molecule has 0 radical (unpaired) electrons. The van der Waals surface area contributed by atoms with Crippen molar-refractivity contribution in [2.45, 2.75) is 12.8 Å². The Morgan fingerprint density at radius 2 is 2.25 bits per heavy atom. The largest absolute Gasteiger partial charge is 0.515 e. The molecule has 16 heavy (non-hydrogen) atoms. The average Bonchev–Trinajstić information content (AvgIpc) is 2.28. The van der Waals surface area contributed by atoms with Crippen molar-refractivity contribution in [3.05, 3.63) is 36.1 Å². The van der Waals surface area contributed by atoms with Gasteiger partial charge in [0.05, 0.1) is 13.4 Å². The Morgan fingerprint density at radius 3 is 2.88 bits per heavy atom. The first-order valence-electron chi connectivity index (χ1n) is 4.87. The minimum atomic E-state index is -0.144. The number of ether oxygens (including phenoxy) is 1. The number of carbonyl (C=O) groups is 1. The highest BCUT2D eigenvalue weighted by atomic mass is 16.5. The average molecular weight is 222 g/mol. The van der Waals surface area contributed by atoms with Gasteiger partial charge in [-0.2, -0.15) is 0 Å². The molecule has 0 aliphatic carbocycles. The number of aliphatic hydroxyl groups is 1. The highest BCUT2D eigenvalue weighted by molar-refractivity contribution is 5.89. The van der Waals surface area contributed by atoms with Gasteiger partial charge in [-0.15, -0.1) is 0 Å². The number of aromatic hydroxyl groups is 1. The monoisotopic (exact) mass is 222 g/mol. The number of carbonyl (C=O) groups excluding carboxylic acids is 1. The smallest absolute Gasteiger partial charge is 0.160 e. The molecule has 0 aromatic heterocycles. The zero-order valence-corrected chi connectivity index (χ0v) is 9.01. The number of phenols is 1. The molecule has 0 aliphatic heterocycles. The molecule has 0 spiro atoms. The second-order valence-corrected chi connectivity index (χ2v) is 3.29. The van der Waals surface area contributed by atoms with Gasteiger partial charge in [-0.25, -0.2) is 0 Å². The highest BCUT2D eigenvalue weighted by Crippen LogP contribution is 2.26. The van der Waals surface area contributed by atoms with E-state index in [9.17, 15) is 9.90 Å². The highest BCUT2D eigenvalue weighted by Gasteiger charge is 2.04. The first-order chi connectivity index (χ1) is 7.67. The van der Waals surface area contributed by atoms with Crippen molar-refractivity contribution < 1.29 is 19.7 Å². The molecule has 0 amide bonds. The lowest BCUT2D eigenvalue weighted by Gasteiger charge is -2.05. The molecule has 4 heteroatoms. The van der Waals surface area contributed by atoms with Gasteiger partial charge in [0, 0.05) is 12.5 Å². The van der Waals surface area contributed by atoms with Gasteiger partial charge < -0.3 is 14.9 Å². The summed E-state index contributed by atoms with van der Waals surface area (Å²) < 4.78 is 4.95. The zero-order chi connectivity index (χ0) is 12.0. The zero-order valence-electron chi connectivity index (χ0n) is 9.01. The summed E-state index contributed by atoms with van der Waals surface area (Å²) in [6, 6.07) is 4.94. The molecule has 4 nitrogen and oxygen atoms in total. The minimum Gasteiger partial charge on any atom is -0.515 e. The number of rotatable bonds is 5. The van der Waals surface area contributed by atoms with Gasteiger partial charge >= 0.3 is 0 Å². The summed E-state index contributed by atoms with van der Waals surface area (Å²) in [5, 5.41) is 17.8. The van der Waals surface area contributed by atoms with Crippen LogP contribution in [0.1, 0.15) is 12.0 Å².